The molecule has 6 heteroatoms. The number of rotatable bonds is 7. The van der Waals surface area contributed by atoms with Gasteiger partial charge in [0.05, 0.1) is 25.8 Å². The first-order valence-electron chi connectivity index (χ1n) is 6.27. The lowest BCUT2D eigenvalue weighted by Gasteiger charge is -2.09. The van der Waals surface area contributed by atoms with Crippen molar-refractivity contribution in [2.24, 2.45) is 0 Å². The largest absolute Gasteiger partial charge is 0.465 e. The third-order valence-electron chi connectivity index (χ3n) is 2.70. The second kappa shape index (κ2) is 8.29. The second-order valence-electron chi connectivity index (χ2n) is 4.24. The summed E-state index contributed by atoms with van der Waals surface area (Å²) < 4.78 is 9.55. The molecule has 1 rings (SSSR count). The van der Waals surface area contributed by atoms with E-state index in [1.54, 1.807) is 25.3 Å². The predicted molar refractivity (Wildman–Crippen MR) is 75.9 cm³/mol. The van der Waals surface area contributed by atoms with Crippen LogP contribution in [0.5, 0.6) is 0 Å². The fourth-order valence-corrected chi connectivity index (χ4v) is 1.61. The van der Waals surface area contributed by atoms with Crippen LogP contribution in [0, 0.1) is 6.92 Å². The molecule has 20 heavy (non-hydrogen) atoms. The lowest BCUT2D eigenvalue weighted by molar-refractivity contribution is -0.115. The number of hydrogen-bond donors (Lipinski definition) is 2. The Morgan fingerprint density at radius 1 is 1.25 bits per heavy atom. The van der Waals surface area contributed by atoms with Gasteiger partial charge in [0.1, 0.15) is 0 Å². The maximum Gasteiger partial charge on any atom is 0.338 e. The molecule has 1 aromatic carbocycles. The van der Waals surface area contributed by atoms with E-state index in [-0.39, 0.29) is 12.5 Å². The number of benzene rings is 1. The van der Waals surface area contributed by atoms with Crippen LogP contribution in [0.3, 0.4) is 0 Å². The number of methoxy groups -OCH3 is 2. The molecule has 0 radical (unpaired) electrons. The molecule has 0 bridgehead atoms. The number of nitrogens with one attached hydrogen (secondary N) is 2. The van der Waals surface area contributed by atoms with E-state index < -0.39 is 5.97 Å². The fourth-order valence-electron chi connectivity index (χ4n) is 1.61. The van der Waals surface area contributed by atoms with Gasteiger partial charge in [-0.1, -0.05) is 6.07 Å². The summed E-state index contributed by atoms with van der Waals surface area (Å²) in [4.78, 5) is 23.2. The number of anilines is 1. The van der Waals surface area contributed by atoms with E-state index in [4.69, 9.17) is 9.47 Å². The van der Waals surface area contributed by atoms with E-state index in [9.17, 15) is 9.59 Å². The normalized spacial score (nSPS) is 10.2. The highest BCUT2D eigenvalue weighted by molar-refractivity contribution is 5.96. The molecule has 0 aliphatic rings. The molecule has 6 nitrogen and oxygen atoms in total. The average molecular weight is 280 g/mol. The highest BCUT2D eigenvalue weighted by atomic mass is 16.5. The Bertz CT molecular complexity index is 474. The molecule has 0 aliphatic heterocycles. The van der Waals surface area contributed by atoms with Crippen molar-refractivity contribution in [3.8, 4) is 0 Å². The van der Waals surface area contributed by atoms with E-state index in [1.807, 2.05) is 6.92 Å². The number of aryl methyl sites for hydroxylation is 1. The van der Waals surface area contributed by atoms with Crippen LogP contribution in [-0.2, 0) is 14.3 Å². The van der Waals surface area contributed by atoms with E-state index >= 15 is 0 Å². The summed E-state index contributed by atoms with van der Waals surface area (Å²) in [5, 5.41) is 5.65. The Balaban J connectivity index is 2.59. The predicted octanol–water partition coefficient (Wildman–Crippen LogP) is 0.956. The number of carbonyl (C=O) groups excluding carboxylic acids is 2. The summed E-state index contributed by atoms with van der Waals surface area (Å²) in [6.07, 6.45) is 0. The highest BCUT2D eigenvalue weighted by Crippen LogP contribution is 2.16. The topological polar surface area (TPSA) is 76.7 Å². The number of esters is 1. The molecule has 0 fully saturated rings. The molecule has 0 saturated carbocycles. The summed E-state index contributed by atoms with van der Waals surface area (Å²) in [6, 6.07) is 5.11. The maximum atomic E-state index is 11.7. The lowest BCUT2D eigenvalue weighted by Crippen LogP contribution is -2.30. The number of ether oxygens (including phenoxy) is 2. The van der Waals surface area contributed by atoms with E-state index in [0.717, 1.165) is 5.56 Å². The Morgan fingerprint density at radius 2 is 2.00 bits per heavy atom. The van der Waals surface area contributed by atoms with Crippen LogP contribution < -0.4 is 10.6 Å². The quantitative estimate of drug-likeness (QED) is 0.574. The van der Waals surface area contributed by atoms with E-state index in [1.165, 1.54) is 7.11 Å². The molecular formula is C14H20N2O4. The Labute approximate surface area is 118 Å². The van der Waals surface area contributed by atoms with Gasteiger partial charge in [0.25, 0.3) is 0 Å². The highest BCUT2D eigenvalue weighted by Gasteiger charge is 2.11. The molecule has 1 aromatic rings. The Morgan fingerprint density at radius 3 is 2.65 bits per heavy atom. The molecule has 0 unspecified atom stereocenters. The average Bonchev–Trinajstić information content (AvgIpc) is 2.45. The zero-order chi connectivity index (χ0) is 15.0. The van der Waals surface area contributed by atoms with Crippen LogP contribution in [0.1, 0.15) is 15.9 Å². The number of hydrogen-bond acceptors (Lipinski definition) is 5. The molecule has 0 atom stereocenters. The summed E-state index contributed by atoms with van der Waals surface area (Å²) in [6.45, 7) is 3.14. The van der Waals surface area contributed by atoms with Crippen molar-refractivity contribution >= 4 is 17.6 Å². The van der Waals surface area contributed by atoms with Gasteiger partial charge < -0.3 is 20.1 Å². The minimum absolute atomic E-state index is 0.180. The summed E-state index contributed by atoms with van der Waals surface area (Å²) in [7, 11) is 2.93. The molecule has 0 saturated heterocycles. The van der Waals surface area contributed by atoms with Crippen LogP contribution in [0.25, 0.3) is 0 Å². The minimum atomic E-state index is -0.420. The number of carbonyl (C=O) groups is 2. The van der Waals surface area contributed by atoms with Gasteiger partial charge in [-0.25, -0.2) is 4.79 Å². The van der Waals surface area contributed by atoms with Crippen molar-refractivity contribution in [2.75, 3.05) is 39.2 Å². The van der Waals surface area contributed by atoms with Crippen molar-refractivity contribution in [1.29, 1.82) is 0 Å². The fraction of sp³-hybridized carbons (Fsp3) is 0.429. The van der Waals surface area contributed by atoms with Gasteiger partial charge in [0, 0.05) is 19.3 Å². The zero-order valence-electron chi connectivity index (χ0n) is 12.0. The molecule has 2 N–H and O–H groups in total. The SMILES string of the molecule is COCCNCC(=O)Nc1ccc(C)c(C(=O)OC)c1. The minimum Gasteiger partial charge on any atom is -0.465 e. The van der Waals surface area contributed by atoms with Crippen LogP contribution in [0.4, 0.5) is 5.69 Å². The molecule has 0 spiro atoms. The smallest absolute Gasteiger partial charge is 0.338 e. The first-order valence-corrected chi connectivity index (χ1v) is 6.27. The number of amides is 1. The third-order valence-corrected chi connectivity index (χ3v) is 2.70. The summed E-state index contributed by atoms with van der Waals surface area (Å²) >= 11 is 0. The van der Waals surface area contributed by atoms with Gasteiger partial charge in [-0.2, -0.15) is 0 Å². The van der Waals surface area contributed by atoms with Crippen molar-refractivity contribution in [3.63, 3.8) is 0 Å². The molecule has 0 aromatic heterocycles. The van der Waals surface area contributed by atoms with Crippen LogP contribution in [0.15, 0.2) is 18.2 Å². The first-order chi connectivity index (χ1) is 9.58. The van der Waals surface area contributed by atoms with Crippen LogP contribution >= 0.6 is 0 Å². The van der Waals surface area contributed by atoms with Crippen molar-refractivity contribution < 1.29 is 19.1 Å². The van der Waals surface area contributed by atoms with Crippen molar-refractivity contribution in [3.05, 3.63) is 29.3 Å². The third kappa shape index (κ3) is 4.99. The van der Waals surface area contributed by atoms with Crippen molar-refractivity contribution in [2.45, 2.75) is 6.92 Å². The molecular weight excluding hydrogens is 260 g/mol. The van der Waals surface area contributed by atoms with E-state index in [2.05, 4.69) is 10.6 Å². The monoisotopic (exact) mass is 280 g/mol. The Kier molecular flexibility index (Phi) is 6.69. The first kappa shape index (κ1) is 16.1. The van der Waals surface area contributed by atoms with Gasteiger partial charge >= 0.3 is 5.97 Å². The molecule has 0 heterocycles. The van der Waals surface area contributed by atoms with Gasteiger partial charge in [-0.15, -0.1) is 0 Å². The van der Waals surface area contributed by atoms with Crippen LogP contribution in [0.2, 0.25) is 0 Å². The van der Waals surface area contributed by atoms with Gasteiger partial charge in [-0.3, -0.25) is 4.79 Å². The lowest BCUT2D eigenvalue weighted by atomic mass is 10.1. The Hall–Kier alpha value is -1.92. The molecule has 1 amide bonds. The van der Waals surface area contributed by atoms with Gasteiger partial charge in [0.15, 0.2) is 0 Å². The van der Waals surface area contributed by atoms with Gasteiger partial charge in [0.2, 0.25) is 5.91 Å². The maximum absolute atomic E-state index is 11.7. The van der Waals surface area contributed by atoms with Gasteiger partial charge in [-0.05, 0) is 24.6 Å². The van der Waals surface area contributed by atoms with E-state index in [0.29, 0.717) is 24.4 Å². The molecule has 0 aliphatic carbocycles. The summed E-state index contributed by atoms with van der Waals surface area (Å²) in [5.74, 6) is -0.599. The zero-order valence-corrected chi connectivity index (χ0v) is 12.0. The standard InChI is InChI=1S/C14H20N2O4/c1-10-4-5-11(8-12(10)14(18)20-3)16-13(17)9-15-6-7-19-2/h4-5,8,15H,6-7,9H2,1-3H3,(H,16,17). The summed E-state index contributed by atoms with van der Waals surface area (Å²) in [5.41, 5.74) is 1.81. The van der Waals surface area contributed by atoms with Crippen molar-refractivity contribution in [1.82, 2.24) is 5.32 Å². The molecule has 110 valence electrons. The van der Waals surface area contributed by atoms with Crippen LogP contribution in [-0.4, -0.2) is 45.8 Å². The second-order valence-corrected chi connectivity index (χ2v) is 4.24.